The Balaban J connectivity index is 0.00000324. The molecule has 0 aliphatic carbocycles. The van der Waals surface area contributed by atoms with E-state index in [1.165, 1.54) is 0 Å². The average molecular weight is 465 g/mol. The Kier molecular flexibility index (Phi) is 8.04. The van der Waals surface area contributed by atoms with Crippen LogP contribution >= 0.6 is 0 Å². The molecule has 0 aliphatic rings. The van der Waals surface area contributed by atoms with Crippen molar-refractivity contribution in [3.63, 3.8) is 0 Å². The lowest BCUT2D eigenvalue weighted by atomic mass is 9.97. The molecule has 0 spiro atoms. The molecule has 0 bridgehead atoms. The summed E-state index contributed by atoms with van der Waals surface area (Å²) in [6, 6.07) is 17.8. The van der Waals surface area contributed by atoms with E-state index in [4.69, 9.17) is 20.6 Å². The van der Waals surface area contributed by atoms with Gasteiger partial charge in [0.2, 0.25) is 0 Å². The second-order valence-corrected chi connectivity index (χ2v) is 7.87. The Morgan fingerprint density at radius 3 is 2.65 bits per heavy atom. The van der Waals surface area contributed by atoms with Crippen LogP contribution in [0.3, 0.4) is 0 Å². The van der Waals surface area contributed by atoms with Crippen molar-refractivity contribution in [3.05, 3.63) is 89.2 Å². The van der Waals surface area contributed by atoms with Crippen molar-refractivity contribution >= 4 is 16.9 Å². The number of carbonyl (C=O) groups is 1. The third-order valence-electron chi connectivity index (χ3n) is 5.51. The lowest BCUT2D eigenvalue weighted by Gasteiger charge is -2.14. The van der Waals surface area contributed by atoms with Gasteiger partial charge in [0.25, 0.3) is 0 Å². The molecule has 1 aromatic heterocycles. The van der Waals surface area contributed by atoms with E-state index in [9.17, 15) is 14.3 Å². The van der Waals surface area contributed by atoms with Crippen LogP contribution in [0.15, 0.2) is 71.3 Å². The van der Waals surface area contributed by atoms with Crippen molar-refractivity contribution < 1.29 is 23.4 Å². The maximum absolute atomic E-state index is 13.1. The van der Waals surface area contributed by atoms with E-state index in [1.54, 1.807) is 30.5 Å². The number of alkyl halides is 1. The lowest BCUT2D eigenvalue weighted by Crippen LogP contribution is -2.11. The van der Waals surface area contributed by atoms with Crippen LogP contribution in [-0.2, 0) is 24.4 Å². The minimum Gasteiger partial charge on any atom is -0.489 e. The molecule has 0 radical (unpaired) electrons. The van der Waals surface area contributed by atoms with E-state index in [1.807, 2.05) is 36.4 Å². The third-order valence-corrected chi connectivity index (χ3v) is 5.51. The molecule has 4 aromatic rings. The van der Waals surface area contributed by atoms with Crippen molar-refractivity contribution in [3.8, 4) is 16.9 Å². The zero-order valence-electron chi connectivity index (χ0n) is 18.0. The number of benzene rings is 3. The zero-order valence-corrected chi connectivity index (χ0v) is 18.0. The number of nitrogens with two attached hydrogens (primary N) is 2. The first kappa shape index (κ1) is 25.0. The van der Waals surface area contributed by atoms with Crippen LogP contribution in [0.2, 0.25) is 0 Å². The van der Waals surface area contributed by atoms with Gasteiger partial charge in [-0.2, -0.15) is 0 Å². The second-order valence-electron chi connectivity index (χ2n) is 7.87. The predicted molar refractivity (Wildman–Crippen MR) is 131 cm³/mol. The molecule has 3 aromatic carbocycles. The summed E-state index contributed by atoms with van der Waals surface area (Å²) in [6.07, 6.45) is 1.47. The highest BCUT2D eigenvalue weighted by Gasteiger charge is 2.14. The Labute approximate surface area is 197 Å². The zero-order chi connectivity index (χ0) is 23.4. The number of fused-ring (bicyclic) bond motifs is 1. The number of ether oxygens (including phenoxy) is 1. The number of hydrogen-bond donors (Lipinski definition) is 3. The number of carboxylic acids is 1. The van der Waals surface area contributed by atoms with Gasteiger partial charge in [-0.3, -0.25) is 4.79 Å². The molecular weight excluding hydrogens is 435 g/mol. The number of carboxylic acid groups (broad SMARTS) is 1. The summed E-state index contributed by atoms with van der Waals surface area (Å²) in [5, 5.41) is 10.1. The number of halogens is 1. The van der Waals surface area contributed by atoms with E-state index >= 15 is 0 Å². The summed E-state index contributed by atoms with van der Waals surface area (Å²) in [7, 11) is 0. The van der Waals surface area contributed by atoms with Crippen LogP contribution in [-0.4, -0.2) is 17.8 Å². The van der Waals surface area contributed by atoms with Gasteiger partial charge in [-0.25, -0.2) is 4.39 Å². The molecule has 0 fully saturated rings. The Bertz CT molecular complexity index is 1280. The van der Waals surface area contributed by atoms with E-state index in [0.717, 1.165) is 27.6 Å². The van der Waals surface area contributed by atoms with Gasteiger partial charge in [0.05, 0.1) is 18.7 Å². The minimum atomic E-state index is -0.936. The number of furan rings is 1. The number of aliphatic carboxylic acids is 1. The third kappa shape index (κ3) is 5.44. The molecular formula is C27H29FN2O4. The molecule has 0 saturated heterocycles. The van der Waals surface area contributed by atoms with Gasteiger partial charge in [-0.1, -0.05) is 37.8 Å². The molecule has 1 heterocycles. The second kappa shape index (κ2) is 11.0. The van der Waals surface area contributed by atoms with E-state index in [0.29, 0.717) is 29.0 Å². The van der Waals surface area contributed by atoms with Gasteiger partial charge < -0.3 is 25.7 Å². The highest BCUT2D eigenvalue weighted by atomic mass is 19.1. The van der Waals surface area contributed by atoms with Crippen LogP contribution in [0.25, 0.3) is 22.1 Å². The largest absolute Gasteiger partial charge is 0.489 e. The SMILES string of the molecule is C.NCc1ccc(CC(=O)O)c(OCc2cc(-c3cccc(C(N)CF)c3)c3occc3c2)c1. The van der Waals surface area contributed by atoms with E-state index in [-0.39, 0.29) is 20.5 Å². The molecule has 34 heavy (non-hydrogen) atoms. The van der Waals surface area contributed by atoms with Gasteiger partial charge in [-0.15, -0.1) is 0 Å². The van der Waals surface area contributed by atoms with Crippen molar-refractivity contribution in [2.45, 2.75) is 33.0 Å². The van der Waals surface area contributed by atoms with Crippen LogP contribution < -0.4 is 16.2 Å². The average Bonchev–Trinajstić information content (AvgIpc) is 3.30. The summed E-state index contributed by atoms with van der Waals surface area (Å²) in [5.41, 5.74) is 17.0. The fraction of sp³-hybridized carbons (Fsp3) is 0.222. The van der Waals surface area contributed by atoms with Crippen LogP contribution in [0.5, 0.6) is 5.75 Å². The molecule has 7 heteroatoms. The molecule has 1 atom stereocenters. The van der Waals surface area contributed by atoms with Gasteiger partial charge in [-0.05, 0) is 52.6 Å². The molecule has 0 aliphatic heterocycles. The highest BCUT2D eigenvalue weighted by Crippen LogP contribution is 2.33. The van der Waals surface area contributed by atoms with Gasteiger partial charge in [0.15, 0.2) is 0 Å². The van der Waals surface area contributed by atoms with Gasteiger partial charge >= 0.3 is 5.97 Å². The fourth-order valence-electron chi connectivity index (χ4n) is 3.80. The van der Waals surface area contributed by atoms with Crippen LogP contribution in [0.1, 0.15) is 35.7 Å². The first-order chi connectivity index (χ1) is 16.0. The summed E-state index contributed by atoms with van der Waals surface area (Å²) in [6.45, 7) is -0.0985. The number of rotatable bonds is 9. The molecule has 1 unspecified atom stereocenters. The maximum Gasteiger partial charge on any atom is 0.307 e. The smallest absolute Gasteiger partial charge is 0.307 e. The normalized spacial score (nSPS) is 11.7. The number of hydrogen-bond acceptors (Lipinski definition) is 5. The fourth-order valence-corrected chi connectivity index (χ4v) is 3.80. The Hall–Kier alpha value is -3.68. The summed E-state index contributed by atoms with van der Waals surface area (Å²) >= 11 is 0. The lowest BCUT2D eigenvalue weighted by molar-refractivity contribution is -0.136. The molecule has 5 N–H and O–H groups in total. The Morgan fingerprint density at radius 2 is 1.91 bits per heavy atom. The van der Waals surface area contributed by atoms with Crippen LogP contribution in [0.4, 0.5) is 4.39 Å². The first-order valence-electron chi connectivity index (χ1n) is 10.6. The van der Waals surface area contributed by atoms with Crippen LogP contribution in [0, 0.1) is 0 Å². The van der Waals surface area contributed by atoms with E-state index < -0.39 is 18.7 Å². The Morgan fingerprint density at radius 1 is 1.09 bits per heavy atom. The molecule has 0 amide bonds. The van der Waals surface area contributed by atoms with Crippen molar-refractivity contribution in [1.29, 1.82) is 0 Å². The maximum atomic E-state index is 13.1. The minimum absolute atomic E-state index is 0. The highest BCUT2D eigenvalue weighted by molar-refractivity contribution is 5.93. The van der Waals surface area contributed by atoms with E-state index in [2.05, 4.69) is 0 Å². The van der Waals surface area contributed by atoms with Crippen molar-refractivity contribution in [1.82, 2.24) is 0 Å². The summed E-state index contributed by atoms with van der Waals surface area (Å²) in [4.78, 5) is 11.2. The first-order valence-corrected chi connectivity index (χ1v) is 10.6. The monoisotopic (exact) mass is 464 g/mol. The molecule has 6 nitrogen and oxygen atoms in total. The molecule has 4 rings (SSSR count). The van der Waals surface area contributed by atoms with Crippen molar-refractivity contribution in [2.24, 2.45) is 11.5 Å². The molecule has 178 valence electrons. The van der Waals surface area contributed by atoms with Gasteiger partial charge in [0, 0.05) is 23.1 Å². The summed E-state index contributed by atoms with van der Waals surface area (Å²) < 4.78 is 24.9. The van der Waals surface area contributed by atoms with Crippen molar-refractivity contribution in [2.75, 3.05) is 6.67 Å². The quantitative estimate of drug-likeness (QED) is 0.307. The topological polar surface area (TPSA) is 112 Å². The summed E-state index contributed by atoms with van der Waals surface area (Å²) in [5.74, 6) is -0.445. The van der Waals surface area contributed by atoms with Gasteiger partial charge in [0.1, 0.15) is 24.6 Å². The standard InChI is InChI=1S/C26H25FN2O4.CH4/c27-13-23(29)19-3-1-2-18(11-19)22-9-17(8-21-6-7-32-26(21)22)15-33-24-10-16(14-28)4-5-20(24)12-25(30)31;/h1-11,23H,12-15,28-29H2,(H,30,31);1H4. The molecule has 0 saturated carbocycles. The predicted octanol–water partition coefficient (Wildman–Crippen LogP) is 5.37.